The normalized spacial score (nSPS) is 10.8. The Labute approximate surface area is 184 Å². The maximum atomic E-state index is 11.0. The van der Waals surface area contributed by atoms with Crippen molar-refractivity contribution in [2.45, 2.75) is 33.6 Å². The second-order valence-corrected chi connectivity index (χ2v) is 7.40. The second-order valence-electron chi connectivity index (χ2n) is 6.55. The van der Waals surface area contributed by atoms with Gasteiger partial charge in [-0.05, 0) is 54.4 Å². The molecule has 1 N–H and O–H groups in total. The van der Waals surface area contributed by atoms with Crippen LogP contribution in [0.15, 0.2) is 45.0 Å². The topological polar surface area (TPSA) is 107 Å². The van der Waals surface area contributed by atoms with Crippen LogP contribution in [0, 0.1) is 21.4 Å². The minimum Gasteiger partial charge on any atom is -0.383 e. The van der Waals surface area contributed by atoms with Crippen LogP contribution in [0.2, 0.25) is 0 Å². The predicted octanol–water partition coefficient (Wildman–Crippen LogP) is 6.70. The van der Waals surface area contributed by atoms with Crippen LogP contribution in [0.1, 0.15) is 39.2 Å². The number of unbranched alkanes of at least 4 members (excludes halogenated alkanes) is 1. The molecule has 0 spiro atoms. The summed E-state index contributed by atoms with van der Waals surface area (Å²) in [6, 6.07) is 10.4. The highest BCUT2D eigenvalue weighted by Crippen LogP contribution is 2.36. The summed E-state index contributed by atoms with van der Waals surface area (Å²) >= 11 is 3.27. The van der Waals surface area contributed by atoms with Gasteiger partial charge in [-0.25, -0.2) is 0 Å². The molecule has 9 heteroatoms. The first-order valence-corrected chi connectivity index (χ1v) is 10.7. The highest BCUT2D eigenvalue weighted by Gasteiger charge is 2.16. The zero-order valence-corrected chi connectivity index (χ0v) is 18.9. The fourth-order valence-electron chi connectivity index (χ4n) is 2.92. The van der Waals surface area contributed by atoms with Crippen LogP contribution in [-0.2, 0) is 0 Å². The van der Waals surface area contributed by atoms with E-state index in [1.807, 2.05) is 24.3 Å². The maximum Gasteiger partial charge on any atom is 0.272 e. The van der Waals surface area contributed by atoms with Crippen LogP contribution in [0.25, 0.3) is 0 Å². The lowest BCUT2D eigenvalue weighted by Crippen LogP contribution is -2.21. The number of hydrogen-bond donors (Lipinski definition) is 1. The molecule has 30 heavy (non-hydrogen) atoms. The molecule has 0 amide bonds. The molecule has 158 valence electrons. The van der Waals surface area contributed by atoms with Gasteiger partial charge < -0.3 is 10.2 Å². The van der Waals surface area contributed by atoms with E-state index in [9.17, 15) is 15.4 Å². The van der Waals surface area contributed by atoms with E-state index >= 15 is 0 Å². The molecule has 0 saturated carbocycles. The summed E-state index contributed by atoms with van der Waals surface area (Å²) in [5.41, 5.74) is 2.75. The number of anilines is 2. The Hall–Kier alpha value is -2.99. The molecule has 2 aromatic carbocycles. The quantitative estimate of drug-likeness (QED) is 0.179. The van der Waals surface area contributed by atoms with Gasteiger partial charge in [0.2, 0.25) is 0 Å². The lowest BCUT2D eigenvalue weighted by Gasteiger charge is -2.22. The van der Waals surface area contributed by atoms with E-state index in [1.54, 1.807) is 0 Å². The van der Waals surface area contributed by atoms with Crippen molar-refractivity contribution in [3.8, 4) is 6.07 Å². The molecule has 0 fully saturated rings. The molecule has 0 saturated heterocycles. The van der Waals surface area contributed by atoms with Gasteiger partial charge in [0, 0.05) is 37.5 Å². The molecule has 0 aliphatic rings. The van der Waals surface area contributed by atoms with Crippen LogP contribution >= 0.6 is 15.9 Å². The second kappa shape index (κ2) is 11.3. The van der Waals surface area contributed by atoms with E-state index in [4.69, 9.17) is 0 Å². The summed E-state index contributed by atoms with van der Waals surface area (Å²) in [5.74, 6) is 0. The Balaban J connectivity index is 2.44. The number of non-ortho nitro benzene ring substituents is 1. The SMILES string of the molecule is CCCCNc1cc(N(CC)CC)ccc1/N=N/c1c(Br)cc([N+](=O)[O-])cc1C#N. The van der Waals surface area contributed by atoms with Crippen LogP contribution in [0.4, 0.5) is 28.4 Å². The van der Waals surface area contributed by atoms with Crippen molar-refractivity contribution in [1.29, 1.82) is 5.26 Å². The van der Waals surface area contributed by atoms with Gasteiger partial charge in [-0.2, -0.15) is 5.26 Å². The third-order valence-electron chi connectivity index (χ3n) is 4.59. The Bertz CT molecular complexity index is 967. The highest BCUT2D eigenvalue weighted by molar-refractivity contribution is 9.10. The Morgan fingerprint density at radius 3 is 2.53 bits per heavy atom. The van der Waals surface area contributed by atoms with Crippen LogP contribution in [0.3, 0.4) is 0 Å². The van der Waals surface area contributed by atoms with Crippen molar-refractivity contribution in [2.75, 3.05) is 29.9 Å². The van der Waals surface area contributed by atoms with Gasteiger partial charge in [-0.15, -0.1) is 10.2 Å². The fraction of sp³-hybridized carbons (Fsp3) is 0.381. The summed E-state index contributed by atoms with van der Waals surface area (Å²) in [6.45, 7) is 8.95. The first kappa shape index (κ1) is 23.3. The Morgan fingerprint density at radius 2 is 1.93 bits per heavy atom. The molecule has 0 unspecified atom stereocenters. The van der Waals surface area contributed by atoms with E-state index in [2.05, 4.69) is 57.1 Å². The summed E-state index contributed by atoms with van der Waals surface area (Å²) in [4.78, 5) is 12.7. The van der Waals surface area contributed by atoms with Gasteiger partial charge in [0.25, 0.3) is 5.69 Å². The molecular formula is C21H25BrN6O2. The first-order chi connectivity index (χ1) is 14.4. The zero-order chi connectivity index (χ0) is 22.1. The largest absolute Gasteiger partial charge is 0.383 e. The van der Waals surface area contributed by atoms with Gasteiger partial charge in [-0.3, -0.25) is 10.1 Å². The molecule has 0 aliphatic carbocycles. The number of hydrogen-bond acceptors (Lipinski definition) is 7. The standard InChI is InChI=1S/C21H25BrN6O2/c1-4-7-10-24-20-13-16(27(5-2)6-3)8-9-19(20)25-26-21-15(14-23)11-17(28(29)30)12-18(21)22/h8-9,11-13,24H,4-7,10H2,1-3H3/b26-25+. The predicted molar refractivity (Wildman–Crippen MR) is 123 cm³/mol. The molecular weight excluding hydrogens is 448 g/mol. The fourth-order valence-corrected chi connectivity index (χ4v) is 3.45. The molecule has 2 aromatic rings. The summed E-state index contributed by atoms with van der Waals surface area (Å²) in [7, 11) is 0. The number of halogens is 1. The number of nitro groups is 1. The first-order valence-electron chi connectivity index (χ1n) is 9.87. The molecule has 0 atom stereocenters. The minimum atomic E-state index is -0.547. The number of azo groups is 1. The average molecular weight is 473 g/mol. The number of nitro benzene ring substituents is 1. The molecule has 0 radical (unpaired) electrons. The summed E-state index contributed by atoms with van der Waals surface area (Å²) < 4.78 is 0.345. The van der Waals surface area contributed by atoms with Crippen molar-refractivity contribution >= 4 is 44.4 Å². The Morgan fingerprint density at radius 1 is 1.20 bits per heavy atom. The third-order valence-corrected chi connectivity index (χ3v) is 5.20. The number of rotatable bonds is 10. The number of nitrogens with one attached hydrogen (secondary N) is 1. The van der Waals surface area contributed by atoms with Gasteiger partial charge >= 0.3 is 0 Å². The molecule has 8 nitrogen and oxygen atoms in total. The lowest BCUT2D eigenvalue weighted by atomic mass is 10.2. The van der Waals surface area contributed by atoms with E-state index in [-0.39, 0.29) is 16.9 Å². The van der Waals surface area contributed by atoms with Gasteiger partial charge in [0.05, 0.1) is 20.6 Å². The Kier molecular flexibility index (Phi) is 8.74. The smallest absolute Gasteiger partial charge is 0.272 e. The summed E-state index contributed by atoms with van der Waals surface area (Å²) in [6.07, 6.45) is 2.10. The van der Waals surface area contributed by atoms with Crippen molar-refractivity contribution in [3.63, 3.8) is 0 Å². The van der Waals surface area contributed by atoms with Crippen molar-refractivity contribution in [1.82, 2.24) is 0 Å². The molecule has 0 bridgehead atoms. The molecule has 2 rings (SSSR count). The van der Waals surface area contributed by atoms with E-state index in [1.165, 1.54) is 12.1 Å². The number of nitrogens with zero attached hydrogens (tertiary/aromatic N) is 5. The number of benzene rings is 2. The van der Waals surface area contributed by atoms with Crippen molar-refractivity contribution < 1.29 is 4.92 Å². The van der Waals surface area contributed by atoms with E-state index < -0.39 is 4.92 Å². The van der Waals surface area contributed by atoms with E-state index in [0.29, 0.717) is 10.2 Å². The molecule has 0 heterocycles. The van der Waals surface area contributed by atoms with Crippen molar-refractivity contribution in [2.24, 2.45) is 10.2 Å². The number of nitriles is 1. The van der Waals surface area contributed by atoms with E-state index in [0.717, 1.165) is 43.9 Å². The third kappa shape index (κ3) is 5.76. The zero-order valence-electron chi connectivity index (χ0n) is 17.4. The summed E-state index contributed by atoms with van der Waals surface area (Å²) in [5, 5.41) is 32.4. The van der Waals surface area contributed by atoms with Gasteiger partial charge in [0.1, 0.15) is 17.4 Å². The van der Waals surface area contributed by atoms with Crippen LogP contribution in [-0.4, -0.2) is 24.6 Å². The van der Waals surface area contributed by atoms with Crippen molar-refractivity contribution in [3.05, 3.63) is 50.5 Å². The maximum absolute atomic E-state index is 11.0. The van der Waals surface area contributed by atoms with Gasteiger partial charge in [-0.1, -0.05) is 13.3 Å². The molecule has 0 aromatic heterocycles. The average Bonchev–Trinajstić information content (AvgIpc) is 2.74. The molecule has 0 aliphatic heterocycles. The van der Waals surface area contributed by atoms with Crippen LogP contribution in [0.5, 0.6) is 0 Å². The minimum absolute atomic E-state index is 0.0834. The lowest BCUT2D eigenvalue weighted by molar-refractivity contribution is -0.384. The monoisotopic (exact) mass is 472 g/mol. The highest BCUT2D eigenvalue weighted by atomic mass is 79.9. The van der Waals surface area contributed by atoms with Crippen LogP contribution < -0.4 is 10.2 Å². The van der Waals surface area contributed by atoms with Gasteiger partial charge in [0.15, 0.2) is 0 Å².